The third-order valence-electron chi connectivity index (χ3n) is 4.39. The number of pyridine rings is 1. The van der Waals surface area contributed by atoms with Gasteiger partial charge in [-0.05, 0) is 35.2 Å². The second-order valence-corrected chi connectivity index (χ2v) is 6.86. The highest BCUT2D eigenvalue weighted by molar-refractivity contribution is 6.05. The maximum Gasteiger partial charge on any atom is 0.257 e. The van der Waals surface area contributed by atoms with E-state index in [0.717, 1.165) is 5.56 Å². The number of aromatic nitrogens is 1. The van der Waals surface area contributed by atoms with Crippen LogP contribution in [-0.2, 0) is 6.54 Å². The smallest absolute Gasteiger partial charge is 0.257 e. The first-order valence-electron chi connectivity index (χ1n) is 9.21. The van der Waals surface area contributed by atoms with Crippen LogP contribution in [-0.4, -0.2) is 16.8 Å². The molecule has 0 unspecified atom stereocenters. The summed E-state index contributed by atoms with van der Waals surface area (Å²) in [7, 11) is 0. The van der Waals surface area contributed by atoms with Crippen LogP contribution in [0.1, 0.15) is 51.6 Å². The van der Waals surface area contributed by atoms with Crippen LogP contribution in [0, 0.1) is 0 Å². The monoisotopic (exact) mass is 373 g/mol. The fraction of sp³-hybridized carbons (Fsp3) is 0.174. The second-order valence-electron chi connectivity index (χ2n) is 6.86. The van der Waals surface area contributed by atoms with Gasteiger partial charge < -0.3 is 10.6 Å². The zero-order valence-electron chi connectivity index (χ0n) is 16.0. The van der Waals surface area contributed by atoms with Crippen molar-refractivity contribution < 1.29 is 9.59 Å². The molecule has 5 heteroatoms. The first kappa shape index (κ1) is 19.3. The van der Waals surface area contributed by atoms with Gasteiger partial charge in [0.2, 0.25) is 0 Å². The van der Waals surface area contributed by atoms with Gasteiger partial charge in [0, 0.05) is 24.6 Å². The topological polar surface area (TPSA) is 71.1 Å². The first-order chi connectivity index (χ1) is 13.5. The number of nitrogens with one attached hydrogen (secondary N) is 2. The van der Waals surface area contributed by atoms with Gasteiger partial charge in [-0.15, -0.1) is 0 Å². The molecule has 0 saturated carbocycles. The molecule has 2 N–H and O–H groups in total. The van der Waals surface area contributed by atoms with E-state index in [1.165, 1.54) is 18.0 Å². The van der Waals surface area contributed by atoms with Crippen molar-refractivity contribution in [2.75, 3.05) is 5.32 Å². The summed E-state index contributed by atoms with van der Waals surface area (Å²) in [5, 5.41) is 5.67. The minimum absolute atomic E-state index is 0.271. The van der Waals surface area contributed by atoms with Crippen molar-refractivity contribution in [2.24, 2.45) is 0 Å². The average Bonchev–Trinajstić information content (AvgIpc) is 2.73. The standard InChI is InChI=1S/C23H23N3O2/c1-16(2)18-8-10-21(11-9-18)26-23(28)20-12-19(14-24-15-20)22(27)25-13-17-6-4-3-5-7-17/h3-12,14-16H,13H2,1-2H3,(H,25,27)(H,26,28). The summed E-state index contributed by atoms with van der Waals surface area (Å²) in [6.45, 7) is 4.65. The number of rotatable bonds is 6. The van der Waals surface area contributed by atoms with Gasteiger partial charge in [0.25, 0.3) is 11.8 Å². The summed E-state index contributed by atoms with van der Waals surface area (Å²) in [4.78, 5) is 28.9. The molecule has 0 radical (unpaired) electrons. The van der Waals surface area contributed by atoms with Crippen LogP contribution in [0.3, 0.4) is 0 Å². The number of benzene rings is 2. The highest BCUT2D eigenvalue weighted by atomic mass is 16.2. The van der Waals surface area contributed by atoms with E-state index in [2.05, 4.69) is 29.5 Å². The number of carbonyl (C=O) groups excluding carboxylic acids is 2. The lowest BCUT2D eigenvalue weighted by molar-refractivity contribution is 0.0950. The van der Waals surface area contributed by atoms with Crippen LogP contribution in [0.2, 0.25) is 0 Å². The highest BCUT2D eigenvalue weighted by Gasteiger charge is 2.12. The molecule has 0 spiro atoms. The lowest BCUT2D eigenvalue weighted by Crippen LogP contribution is -2.23. The van der Waals surface area contributed by atoms with Crippen LogP contribution >= 0.6 is 0 Å². The van der Waals surface area contributed by atoms with Crippen molar-refractivity contribution in [3.63, 3.8) is 0 Å². The molecule has 3 rings (SSSR count). The largest absolute Gasteiger partial charge is 0.348 e. The molecule has 0 fully saturated rings. The van der Waals surface area contributed by atoms with Crippen molar-refractivity contribution in [1.29, 1.82) is 0 Å². The van der Waals surface area contributed by atoms with Gasteiger partial charge in [-0.1, -0.05) is 56.3 Å². The molecule has 1 aromatic heterocycles. The fourth-order valence-electron chi connectivity index (χ4n) is 2.72. The Hall–Kier alpha value is -3.47. The SMILES string of the molecule is CC(C)c1ccc(NC(=O)c2cncc(C(=O)NCc3ccccc3)c2)cc1. The Labute approximate surface area is 164 Å². The van der Waals surface area contributed by atoms with E-state index in [9.17, 15) is 9.59 Å². The number of nitrogens with zero attached hydrogens (tertiary/aromatic N) is 1. The van der Waals surface area contributed by atoms with Gasteiger partial charge in [-0.2, -0.15) is 0 Å². The van der Waals surface area contributed by atoms with Crippen molar-refractivity contribution in [1.82, 2.24) is 10.3 Å². The predicted octanol–water partition coefficient (Wildman–Crippen LogP) is 4.39. The van der Waals surface area contributed by atoms with Gasteiger partial charge in [0.05, 0.1) is 11.1 Å². The van der Waals surface area contributed by atoms with E-state index < -0.39 is 0 Å². The molecule has 0 aliphatic heterocycles. The Morgan fingerprint density at radius 1 is 0.893 bits per heavy atom. The zero-order valence-corrected chi connectivity index (χ0v) is 16.0. The summed E-state index contributed by atoms with van der Waals surface area (Å²) in [6.07, 6.45) is 2.90. The van der Waals surface area contributed by atoms with Crippen molar-refractivity contribution in [3.05, 3.63) is 95.3 Å². The second kappa shape index (κ2) is 8.95. The van der Waals surface area contributed by atoms with E-state index in [1.807, 2.05) is 54.6 Å². The van der Waals surface area contributed by atoms with Gasteiger partial charge in [-0.25, -0.2) is 0 Å². The predicted molar refractivity (Wildman–Crippen MR) is 110 cm³/mol. The number of carbonyl (C=O) groups is 2. The molecular formula is C23H23N3O2. The molecule has 3 aromatic rings. The number of anilines is 1. The van der Waals surface area contributed by atoms with E-state index >= 15 is 0 Å². The summed E-state index contributed by atoms with van der Waals surface area (Å²) < 4.78 is 0. The zero-order chi connectivity index (χ0) is 19.9. The lowest BCUT2D eigenvalue weighted by Gasteiger charge is -2.09. The Morgan fingerprint density at radius 3 is 2.18 bits per heavy atom. The molecule has 0 bridgehead atoms. The molecule has 142 valence electrons. The van der Waals surface area contributed by atoms with E-state index in [4.69, 9.17) is 0 Å². The van der Waals surface area contributed by atoms with E-state index in [1.54, 1.807) is 6.07 Å². The van der Waals surface area contributed by atoms with Gasteiger partial charge in [0.15, 0.2) is 0 Å². The Balaban J connectivity index is 1.64. The first-order valence-corrected chi connectivity index (χ1v) is 9.21. The third-order valence-corrected chi connectivity index (χ3v) is 4.39. The van der Waals surface area contributed by atoms with Gasteiger partial charge in [0.1, 0.15) is 0 Å². The molecule has 0 aliphatic rings. The molecule has 2 aromatic carbocycles. The summed E-state index contributed by atoms with van der Waals surface area (Å²) in [5.74, 6) is -0.144. The van der Waals surface area contributed by atoms with E-state index in [-0.39, 0.29) is 11.8 Å². The molecule has 28 heavy (non-hydrogen) atoms. The average molecular weight is 373 g/mol. The van der Waals surface area contributed by atoms with E-state index in [0.29, 0.717) is 29.3 Å². The molecule has 0 saturated heterocycles. The quantitative estimate of drug-likeness (QED) is 0.673. The highest BCUT2D eigenvalue weighted by Crippen LogP contribution is 2.17. The van der Waals surface area contributed by atoms with Crippen LogP contribution in [0.5, 0.6) is 0 Å². The summed E-state index contributed by atoms with van der Waals surface area (Å²) in [5.41, 5.74) is 3.59. The lowest BCUT2D eigenvalue weighted by atomic mass is 10.0. The number of hydrogen-bond donors (Lipinski definition) is 2. The van der Waals surface area contributed by atoms with Crippen LogP contribution < -0.4 is 10.6 Å². The molecular weight excluding hydrogens is 350 g/mol. The van der Waals surface area contributed by atoms with Crippen LogP contribution in [0.4, 0.5) is 5.69 Å². The minimum Gasteiger partial charge on any atom is -0.348 e. The van der Waals surface area contributed by atoms with Gasteiger partial charge >= 0.3 is 0 Å². The van der Waals surface area contributed by atoms with Gasteiger partial charge in [-0.3, -0.25) is 14.6 Å². The number of amides is 2. The molecule has 0 atom stereocenters. The normalized spacial score (nSPS) is 10.5. The summed E-state index contributed by atoms with van der Waals surface area (Å²) in [6, 6.07) is 18.9. The van der Waals surface area contributed by atoms with Crippen molar-refractivity contribution in [3.8, 4) is 0 Å². The molecule has 0 aliphatic carbocycles. The summed E-state index contributed by atoms with van der Waals surface area (Å²) >= 11 is 0. The fourth-order valence-corrected chi connectivity index (χ4v) is 2.72. The minimum atomic E-state index is -0.303. The molecule has 5 nitrogen and oxygen atoms in total. The maximum atomic E-state index is 12.5. The molecule has 1 heterocycles. The Morgan fingerprint density at radius 2 is 1.54 bits per heavy atom. The maximum absolute atomic E-state index is 12.5. The Bertz CT molecular complexity index is 951. The van der Waals surface area contributed by atoms with Crippen molar-refractivity contribution >= 4 is 17.5 Å². The van der Waals surface area contributed by atoms with Crippen LogP contribution in [0.15, 0.2) is 73.1 Å². The Kier molecular flexibility index (Phi) is 6.17. The third kappa shape index (κ3) is 5.04. The number of hydrogen-bond acceptors (Lipinski definition) is 3. The van der Waals surface area contributed by atoms with Crippen molar-refractivity contribution in [2.45, 2.75) is 26.3 Å². The van der Waals surface area contributed by atoms with Crippen LogP contribution in [0.25, 0.3) is 0 Å². The molecule has 2 amide bonds.